The zero-order chi connectivity index (χ0) is 13.3. The summed E-state index contributed by atoms with van der Waals surface area (Å²) in [5.74, 6) is -0.485. The lowest BCUT2D eigenvalue weighted by molar-refractivity contribution is -0.145. The zero-order valence-electron chi connectivity index (χ0n) is 11.3. The highest BCUT2D eigenvalue weighted by Gasteiger charge is 2.32. The fourth-order valence-electron chi connectivity index (χ4n) is 1.69. The molecule has 2 N–H and O–H groups in total. The Kier molecular flexibility index (Phi) is 8.12. The van der Waals surface area contributed by atoms with Gasteiger partial charge < -0.3 is 14.6 Å². The molecule has 0 aromatic heterocycles. The normalized spacial score (nSPS) is 14.9. The molecule has 0 fully saturated rings. The number of hydrogen-bond acceptors (Lipinski definition) is 4. The first-order valence-electron chi connectivity index (χ1n) is 5.97. The summed E-state index contributed by atoms with van der Waals surface area (Å²) in [5, 5.41) is 12.2. The number of aliphatic carboxylic acids is 1. The van der Waals surface area contributed by atoms with Crippen LogP contribution in [0.1, 0.15) is 27.2 Å². The highest BCUT2D eigenvalue weighted by atomic mass is 16.5. The van der Waals surface area contributed by atoms with Crippen LogP contribution in [0.25, 0.3) is 0 Å². The van der Waals surface area contributed by atoms with Gasteiger partial charge in [0, 0.05) is 13.7 Å². The van der Waals surface area contributed by atoms with Gasteiger partial charge in [0.1, 0.15) is 5.54 Å². The van der Waals surface area contributed by atoms with Crippen molar-refractivity contribution in [1.82, 2.24) is 5.32 Å². The van der Waals surface area contributed by atoms with Crippen molar-refractivity contribution in [3.63, 3.8) is 0 Å². The van der Waals surface area contributed by atoms with Crippen LogP contribution in [0.5, 0.6) is 0 Å². The van der Waals surface area contributed by atoms with Crippen LogP contribution in [0.4, 0.5) is 0 Å². The molecule has 0 aliphatic rings. The predicted octanol–water partition coefficient (Wildman–Crippen LogP) is 1.13. The van der Waals surface area contributed by atoms with Crippen LogP contribution in [-0.4, -0.2) is 50.1 Å². The van der Waals surface area contributed by atoms with Crippen LogP contribution in [0.3, 0.4) is 0 Å². The van der Waals surface area contributed by atoms with E-state index in [1.54, 1.807) is 14.0 Å². The van der Waals surface area contributed by atoms with Crippen LogP contribution in [-0.2, 0) is 14.3 Å². The van der Waals surface area contributed by atoms with E-state index in [4.69, 9.17) is 9.47 Å². The third-order valence-electron chi connectivity index (χ3n) is 2.48. The smallest absolute Gasteiger partial charge is 0.323 e. The summed E-state index contributed by atoms with van der Waals surface area (Å²) in [6.45, 7) is 7.85. The minimum atomic E-state index is -0.876. The Labute approximate surface area is 103 Å². The molecule has 102 valence electrons. The number of hydrogen-bond donors (Lipinski definition) is 2. The lowest BCUT2D eigenvalue weighted by Crippen LogP contribution is -2.51. The minimum absolute atomic E-state index is 0.331. The van der Waals surface area contributed by atoms with E-state index in [2.05, 4.69) is 5.32 Å². The summed E-state index contributed by atoms with van der Waals surface area (Å²) in [5.41, 5.74) is -0.876. The molecule has 0 saturated heterocycles. The second-order valence-corrected chi connectivity index (χ2v) is 4.77. The van der Waals surface area contributed by atoms with Gasteiger partial charge in [0.2, 0.25) is 0 Å². The first kappa shape index (κ1) is 16.4. The molecule has 1 unspecified atom stereocenters. The van der Waals surface area contributed by atoms with Crippen molar-refractivity contribution in [1.29, 1.82) is 0 Å². The summed E-state index contributed by atoms with van der Waals surface area (Å²) in [4.78, 5) is 11.2. The molecule has 5 heteroatoms. The Hall–Kier alpha value is -0.650. The van der Waals surface area contributed by atoms with Gasteiger partial charge in [-0.15, -0.1) is 0 Å². The lowest BCUT2D eigenvalue weighted by atomic mass is 9.91. The molecule has 0 heterocycles. The molecular weight excluding hydrogens is 222 g/mol. The summed E-state index contributed by atoms with van der Waals surface area (Å²) in [6.07, 6.45) is 0.598. The molecule has 5 nitrogen and oxygen atoms in total. The number of carboxylic acids is 1. The van der Waals surface area contributed by atoms with Gasteiger partial charge in [-0.2, -0.15) is 0 Å². The standard InChI is InChI=1S/C12H25NO4/c1-10(2)9-12(3,11(14)15)13-5-6-17-8-7-16-4/h10,13H,5-9H2,1-4H3,(H,14,15). The maximum Gasteiger partial charge on any atom is 0.323 e. The van der Waals surface area contributed by atoms with Gasteiger partial charge in [0.15, 0.2) is 0 Å². The van der Waals surface area contributed by atoms with E-state index in [-0.39, 0.29) is 0 Å². The monoisotopic (exact) mass is 247 g/mol. The van der Waals surface area contributed by atoms with Gasteiger partial charge in [0.05, 0.1) is 19.8 Å². The quantitative estimate of drug-likeness (QED) is 0.566. The Morgan fingerprint density at radius 3 is 2.47 bits per heavy atom. The summed E-state index contributed by atoms with van der Waals surface area (Å²) in [7, 11) is 1.62. The number of carboxylic acid groups (broad SMARTS) is 1. The van der Waals surface area contributed by atoms with Crippen molar-refractivity contribution in [2.75, 3.05) is 33.5 Å². The average molecular weight is 247 g/mol. The second-order valence-electron chi connectivity index (χ2n) is 4.77. The topological polar surface area (TPSA) is 67.8 Å². The first-order valence-corrected chi connectivity index (χ1v) is 5.97. The van der Waals surface area contributed by atoms with Crippen LogP contribution >= 0.6 is 0 Å². The highest BCUT2D eigenvalue weighted by Crippen LogP contribution is 2.16. The fourth-order valence-corrected chi connectivity index (χ4v) is 1.69. The van der Waals surface area contributed by atoms with Gasteiger partial charge in [-0.1, -0.05) is 13.8 Å². The first-order chi connectivity index (χ1) is 7.92. The van der Waals surface area contributed by atoms with Gasteiger partial charge >= 0.3 is 5.97 Å². The largest absolute Gasteiger partial charge is 0.480 e. The Morgan fingerprint density at radius 1 is 1.35 bits per heavy atom. The molecule has 0 aliphatic heterocycles. The third kappa shape index (κ3) is 7.31. The second kappa shape index (κ2) is 8.44. The van der Waals surface area contributed by atoms with Crippen LogP contribution in [0.2, 0.25) is 0 Å². The SMILES string of the molecule is COCCOCCNC(C)(CC(C)C)C(=O)O. The van der Waals surface area contributed by atoms with Crippen molar-refractivity contribution < 1.29 is 19.4 Å². The van der Waals surface area contributed by atoms with E-state index in [1.807, 2.05) is 13.8 Å². The Morgan fingerprint density at radius 2 is 2.00 bits per heavy atom. The van der Waals surface area contributed by atoms with Gasteiger partial charge in [-0.25, -0.2) is 0 Å². The van der Waals surface area contributed by atoms with E-state index in [9.17, 15) is 9.90 Å². The molecule has 0 bridgehead atoms. The summed E-state index contributed by atoms with van der Waals surface area (Å²) in [6, 6.07) is 0. The molecule has 0 amide bonds. The molecular formula is C12H25NO4. The molecule has 0 saturated carbocycles. The van der Waals surface area contributed by atoms with Crippen molar-refractivity contribution >= 4 is 5.97 Å². The fraction of sp³-hybridized carbons (Fsp3) is 0.917. The van der Waals surface area contributed by atoms with Crippen LogP contribution in [0.15, 0.2) is 0 Å². The lowest BCUT2D eigenvalue weighted by Gasteiger charge is -2.28. The maximum absolute atomic E-state index is 11.2. The zero-order valence-corrected chi connectivity index (χ0v) is 11.3. The summed E-state index contributed by atoms with van der Waals surface area (Å²) < 4.78 is 10.1. The van der Waals surface area contributed by atoms with Crippen molar-refractivity contribution in [3.8, 4) is 0 Å². The van der Waals surface area contributed by atoms with E-state index in [0.717, 1.165) is 0 Å². The van der Waals surface area contributed by atoms with E-state index < -0.39 is 11.5 Å². The Bertz CT molecular complexity index is 221. The molecule has 0 aliphatic carbocycles. The maximum atomic E-state index is 11.2. The van der Waals surface area contributed by atoms with Crippen molar-refractivity contribution in [2.24, 2.45) is 5.92 Å². The predicted molar refractivity (Wildman–Crippen MR) is 66.2 cm³/mol. The Balaban J connectivity index is 3.89. The van der Waals surface area contributed by atoms with Gasteiger partial charge in [0.25, 0.3) is 0 Å². The molecule has 17 heavy (non-hydrogen) atoms. The molecule has 1 atom stereocenters. The number of nitrogens with one attached hydrogen (secondary N) is 1. The van der Waals surface area contributed by atoms with E-state index in [0.29, 0.717) is 38.7 Å². The van der Waals surface area contributed by atoms with Gasteiger partial charge in [-0.05, 0) is 19.3 Å². The number of carbonyl (C=O) groups is 1. The van der Waals surface area contributed by atoms with Crippen LogP contribution < -0.4 is 5.32 Å². The molecule has 0 aromatic carbocycles. The number of methoxy groups -OCH3 is 1. The molecule has 0 rings (SSSR count). The summed E-state index contributed by atoms with van der Waals surface area (Å²) >= 11 is 0. The number of ether oxygens (including phenoxy) is 2. The average Bonchev–Trinajstić information content (AvgIpc) is 2.22. The highest BCUT2D eigenvalue weighted by molar-refractivity contribution is 5.78. The number of rotatable bonds is 10. The molecule has 0 aromatic rings. The van der Waals surface area contributed by atoms with Gasteiger partial charge in [-0.3, -0.25) is 10.1 Å². The minimum Gasteiger partial charge on any atom is -0.480 e. The van der Waals surface area contributed by atoms with Crippen LogP contribution in [0, 0.1) is 5.92 Å². The van der Waals surface area contributed by atoms with E-state index >= 15 is 0 Å². The molecule has 0 spiro atoms. The molecule has 0 radical (unpaired) electrons. The van der Waals surface area contributed by atoms with Crippen molar-refractivity contribution in [2.45, 2.75) is 32.7 Å². The van der Waals surface area contributed by atoms with E-state index in [1.165, 1.54) is 0 Å². The van der Waals surface area contributed by atoms with Crippen molar-refractivity contribution in [3.05, 3.63) is 0 Å². The third-order valence-corrected chi connectivity index (χ3v) is 2.48.